The number of nitrogens with zero attached hydrogens (tertiary/aromatic N) is 5. The number of β-amino-alcohol motifs (C(OH)–C–C–N with tert-alkyl or cyclic N) is 1. The normalized spacial score (nSPS) is 24.3. The standard InChI is InChI=1S/C24H36N6O4/c1-15(2)18-7-6-16(3)12-19(18)34-14-17(31)13-30-20-21(28(5)24(33)26-22(20)32)25-23(30)29-10-8-27(4)9-11-29/h6-7,12,15,17,20-21,31H,8-11,13-14H2,1-5H3,(H,26,32,33). The maximum atomic E-state index is 12.8. The third kappa shape index (κ3) is 4.83. The molecule has 3 unspecified atom stereocenters. The molecular weight excluding hydrogens is 436 g/mol. The Morgan fingerprint density at radius 1 is 1.18 bits per heavy atom. The van der Waals surface area contributed by atoms with Gasteiger partial charge in [-0.05, 0) is 37.1 Å². The highest BCUT2D eigenvalue weighted by Gasteiger charge is 2.50. The monoisotopic (exact) mass is 472 g/mol. The van der Waals surface area contributed by atoms with E-state index in [1.165, 1.54) is 4.90 Å². The van der Waals surface area contributed by atoms with Gasteiger partial charge in [-0.15, -0.1) is 0 Å². The fourth-order valence-electron chi connectivity index (χ4n) is 4.69. The molecule has 3 aliphatic heterocycles. The minimum absolute atomic E-state index is 0.0868. The van der Waals surface area contributed by atoms with Crippen LogP contribution in [0.3, 0.4) is 0 Å². The Kier molecular flexibility index (Phi) is 6.99. The lowest BCUT2D eigenvalue weighted by molar-refractivity contribution is -0.127. The highest BCUT2D eigenvalue weighted by atomic mass is 16.5. The zero-order chi connectivity index (χ0) is 24.6. The van der Waals surface area contributed by atoms with Gasteiger partial charge in [-0.2, -0.15) is 0 Å². The second-order valence-electron chi connectivity index (χ2n) is 9.80. The van der Waals surface area contributed by atoms with Crippen LogP contribution in [0.2, 0.25) is 0 Å². The Balaban J connectivity index is 1.51. The first kappa shape index (κ1) is 24.3. The van der Waals surface area contributed by atoms with Gasteiger partial charge >= 0.3 is 6.03 Å². The van der Waals surface area contributed by atoms with Gasteiger partial charge in [-0.3, -0.25) is 10.1 Å². The average molecular weight is 473 g/mol. The van der Waals surface area contributed by atoms with E-state index in [9.17, 15) is 14.7 Å². The van der Waals surface area contributed by atoms with Crippen molar-refractivity contribution in [1.82, 2.24) is 24.9 Å². The average Bonchev–Trinajstić information content (AvgIpc) is 3.16. The van der Waals surface area contributed by atoms with Gasteiger partial charge in [0.25, 0.3) is 5.91 Å². The molecule has 0 bridgehead atoms. The van der Waals surface area contributed by atoms with Gasteiger partial charge in [0.1, 0.15) is 18.5 Å². The SMILES string of the molecule is Cc1ccc(C(C)C)c(OCC(O)CN2C(N3CCN(C)CC3)=NC3C2C(=O)NC(=O)N3C)c1. The zero-order valence-electron chi connectivity index (χ0n) is 20.7. The van der Waals surface area contributed by atoms with Crippen LogP contribution in [0.1, 0.15) is 30.9 Å². The summed E-state index contributed by atoms with van der Waals surface area (Å²) in [5.41, 5.74) is 2.18. The van der Waals surface area contributed by atoms with Crippen molar-refractivity contribution >= 4 is 17.9 Å². The molecule has 3 amide bonds. The van der Waals surface area contributed by atoms with Crippen LogP contribution >= 0.6 is 0 Å². The van der Waals surface area contributed by atoms with Gasteiger partial charge in [0.15, 0.2) is 18.2 Å². The summed E-state index contributed by atoms with van der Waals surface area (Å²) in [7, 11) is 3.71. The molecule has 2 N–H and O–H groups in total. The van der Waals surface area contributed by atoms with Crippen molar-refractivity contribution in [3.63, 3.8) is 0 Å². The number of hydrogen-bond acceptors (Lipinski definition) is 8. The number of piperazine rings is 1. The molecule has 1 aromatic rings. The molecule has 2 fully saturated rings. The van der Waals surface area contributed by atoms with E-state index in [2.05, 4.69) is 48.1 Å². The second-order valence-corrected chi connectivity index (χ2v) is 9.80. The van der Waals surface area contributed by atoms with Gasteiger partial charge in [-0.25, -0.2) is 9.79 Å². The second kappa shape index (κ2) is 9.79. The highest BCUT2D eigenvalue weighted by molar-refractivity contribution is 6.03. The number of amides is 3. The molecule has 10 nitrogen and oxygen atoms in total. The van der Waals surface area contributed by atoms with Gasteiger partial charge in [-0.1, -0.05) is 26.0 Å². The summed E-state index contributed by atoms with van der Waals surface area (Å²) in [6, 6.07) is 4.96. The van der Waals surface area contributed by atoms with Crippen LogP contribution in [-0.2, 0) is 4.79 Å². The third-order valence-corrected chi connectivity index (χ3v) is 6.75. The summed E-state index contributed by atoms with van der Waals surface area (Å²) in [4.78, 5) is 37.5. The van der Waals surface area contributed by atoms with Crippen LogP contribution in [0, 0.1) is 6.92 Å². The summed E-state index contributed by atoms with van der Waals surface area (Å²) in [6.45, 7) is 9.76. The third-order valence-electron chi connectivity index (χ3n) is 6.75. The molecule has 10 heteroatoms. The Labute approximate surface area is 201 Å². The number of rotatable bonds is 6. The first-order valence-electron chi connectivity index (χ1n) is 11.9. The highest BCUT2D eigenvalue weighted by Crippen LogP contribution is 2.29. The summed E-state index contributed by atoms with van der Waals surface area (Å²) in [6.07, 6.45) is -1.47. The molecule has 1 aromatic carbocycles. The summed E-state index contributed by atoms with van der Waals surface area (Å²) < 4.78 is 6.05. The van der Waals surface area contributed by atoms with E-state index in [1.807, 2.05) is 17.9 Å². The molecule has 0 aromatic heterocycles. The molecular formula is C24H36N6O4. The molecule has 4 rings (SSSR count). The topological polar surface area (TPSA) is 101 Å². The number of aliphatic imine (C=N–C) groups is 1. The van der Waals surface area contributed by atoms with Crippen LogP contribution in [-0.4, -0.2) is 114 Å². The van der Waals surface area contributed by atoms with Crippen molar-refractivity contribution in [1.29, 1.82) is 0 Å². The number of nitrogens with one attached hydrogen (secondary N) is 1. The number of aliphatic hydroxyl groups is 1. The van der Waals surface area contributed by atoms with E-state index in [0.29, 0.717) is 11.9 Å². The Hall–Kier alpha value is -2.85. The van der Waals surface area contributed by atoms with E-state index < -0.39 is 30.2 Å². The van der Waals surface area contributed by atoms with Gasteiger partial charge in [0.2, 0.25) is 0 Å². The minimum atomic E-state index is -0.854. The van der Waals surface area contributed by atoms with E-state index in [4.69, 9.17) is 9.73 Å². The van der Waals surface area contributed by atoms with E-state index in [0.717, 1.165) is 43.1 Å². The molecule has 0 radical (unpaired) electrons. The first-order chi connectivity index (χ1) is 16.2. The van der Waals surface area contributed by atoms with Crippen molar-refractivity contribution in [3.05, 3.63) is 29.3 Å². The predicted molar refractivity (Wildman–Crippen MR) is 129 cm³/mol. The van der Waals surface area contributed by atoms with Crippen molar-refractivity contribution in [2.45, 2.75) is 45.0 Å². The molecule has 0 saturated carbocycles. The van der Waals surface area contributed by atoms with Crippen molar-refractivity contribution in [3.8, 4) is 5.75 Å². The number of urea groups is 1. The number of imide groups is 1. The summed E-state index contributed by atoms with van der Waals surface area (Å²) in [5.74, 6) is 1.32. The molecule has 0 aliphatic carbocycles. The van der Waals surface area contributed by atoms with Crippen LogP contribution in [0.5, 0.6) is 5.75 Å². The van der Waals surface area contributed by atoms with Crippen molar-refractivity contribution < 1.29 is 19.4 Å². The quantitative estimate of drug-likeness (QED) is 0.627. The number of likely N-dealkylation sites (N-methyl/N-ethyl adjacent to an activating group) is 2. The smallest absolute Gasteiger partial charge is 0.325 e. The zero-order valence-corrected chi connectivity index (χ0v) is 20.7. The Morgan fingerprint density at radius 3 is 2.56 bits per heavy atom. The number of ether oxygens (including phenoxy) is 1. The van der Waals surface area contributed by atoms with E-state index >= 15 is 0 Å². The predicted octanol–water partition coefficient (Wildman–Crippen LogP) is 0.653. The number of carbonyl (C=O) groups is 2. The largest absolute Gasteiger partial charge is 0.491 e. The Bertz CT molecular complexity index is 959. The van der Waals surface area contributed by atoms with Crippen LogP contribution < -0.4 is 10.1 Å². The lowest BCUT2D eigenvalue weighted by atomic mass is 10.0. The van der Waals surface area contributed by atoms with Crippen molar-refractivity contribution in [2.24, 2.45) is 4.99 Å². The number of aryl methyl sites for hydroxylation is 1. The van der Waals surface area contributed by atoms with E-state index in [-0.39, 0.29) is 13.2 Å². The number of benzene rings is 1. The molecule has 3 aliphatic rings. The van der Waals surface area contributed by atoms with Crippen LogP contribution in [0.4, 0.5) is 4.79 Å². The molecule has 3 heterocycles. The fraction of sp³-hybridized carbons (Fsp3) is 0.625. The minimum Gasteiger partial charge on any atom is -0.491 e. The van der Waals surface area contributed by atoms with Gasteiger partial charge in [0.05, 0.1) is 6.54 Å². The fourth-order valence-corrected chi connectivity index (χ4v) is 4.69. The van der Waals surface area contributed by atoms with Crippen LogP contribution in [0.25, 0.3) is 0 Å². The molecule has 3 atom stereocenters. The lowest BCUT2D eigenvalue weighted by Gasteiger charge is -2.40. The molecule has 2 saturated heterocycles. The maximum Gasteiger partial charge on any atom is 0.325 e. The maximum absolute atomic E-state index is 12.8. The molecule has 186 valence electrons. The number of fused-ring (bicyclic) bond motifs is 1. The van der Waals surface area contributed by atoms with Crippen molar-refractivity contribution in [2.75, 3.05) is 53.4 Å². The number of hydrogen-bond donors (Lipinski definition) is 2. The number of aliphatic hydroxyl groups excluding tert-OH is 1. The summed E-state index contributed by atoms with van der Waals surface area (Å²) >= 11 is 0. The first-order valence-corrected chi connectivity index (χ1v) is 11.9. The van der Waals surface area contributed by atoms with Crippen LogP contribution in [0.15, 0.2) is 23.2 Å². The molecule has 0 spiro atoms. The Morgan fingerprint density at radius 2 is 1.88 bits per heavy atom. The van der Waals surface area contributed by atoms with E-state index in [1.54, 1.807) is 7.05 Å². The number of guanidine groups is 1. The van der Waals surface area contributed by atoms with Gasteiger partial charge in [0, 0.05) is 33.2 Å². The molecule has 34 heavy (non-hydrogen) atoms. The van der Waals surface area contributed by atoms with Gasteiger partial charge < -0.3 is 29.4 Å². The number of carbonyl (C=O) groups excluding carboxylic acids is 2. The summed E-state index contributed by atoms with van der Waals surface area (Å²) in [5, 5.41) is 13.4. The lowest BCUT2D eigenvalue weighted by Crippen LogP contribution is -2.65.